The van der Waals surface area contributed by atoms with E-state index in [2.05, 4.69) is 0 Å². The Labute approximate surface area is 164 Å². The van der Waals surface area contributed by atoms with Crippen molar-refractivity contribution >= 4 is 16.0 Å². The second-order valence-corrected chi connectivity index (χ2v) is 9.33. The number of carbonyl (C=O) groups excluding carboxylic acids is 1. The second kappa shape index (κ2) is 6.33. The monoisotopic (exact) mass is 411 g/mol. The van der Waals surface area contributed by atoms with Crippen LogP contribution in [0.25, 0.3) is 0 Å². The summed E-state index contributed by atoms with van der Waals surface area (Å²) < 4.78 is 40.9. The van der Waals surface area contributed by atoms with Crippen molar-refractivity contribution < 1.29 is 32.0 Å². The van der Waals surface area contributed by atoms with E-state index in [1.54, 1.807) is 18.1 Å². The van der Waals surface area contributed by atoms with Gasteiger partial charge in [0.25, 0.3) is 16.0 Å². The lowest BCUT2D eigenvalue weighted by molar-refractivity contribution is -0.137. The molecule has 0 aromatic heterocycles. The van der Waals surface area contributed by atoms with Crippen LogP contribution < -0.4 is 9.47 Å². The number of carbonyl (C=O) groups is 1. The Morgan fingerprint density at radius 1 is 1.14 bits per heavy atom. The van der Waals surface area contributed by atoms with Gasteiger partial charge in [0.2, 0.25) is 0 Å². The van der Waals surface area contributed by atoms with Gasteiger partial charge in [0.05, 0.1) is 20.5 Å². The van der Waals surface area contributed by atoms with Gasteiger partial charge in [-0.05, 0) is 42.5 Å². The molecule has 0 bridgehead atoms. The van der Waals surface area contributed by atoms with Gasteiger partial charge in [0.15, 0.2) is 17.6 Å². The van der Waals surface area contributed by atoms with Crippen LogP contribution in [-0.4, -0.2) is 63.1 Å². The predicted molar refractivity (Wildman–Crippen MR) is 99.8 cm³/mol. The maximum absolute atomic E-state index is 13.0. The predicted octanol–water partition coefficient (Wildman–Crippen LogP) is 0.947. The van der Waals surface area contributed by atoms with Gasteiger partial charge in [-0.3, -0.25) is 8.98 Å². The summed E-state index contributed by atoms with van der Waals surface area (Å²) in [6.45, 7) is 0.382. The van der Waals surface area contributed by atoms with Crippen molar-refractivity contribution in [3.63, 3.8) is 0 Å². The van der Waals surface area contributed by atoms with Crippen LogP contribution in [0.4, 0.5) is 0 Å². The molecular formula is C19H25NO7S. The van der Waals surface area contributed by atoms with Crippen LogP contribution in [0.1, 0.15) is 36.8 Å². The fourth-order valence-corrected chi connectivity index (χ4v) is 6.28. The molecule has 154 valence electrons. The van der Waals surface area contributed by atoms with Gasteiger partial charge in [0.1, 0.15) is 11.1 Å². The first-order chi connectivity index (χ1) is 13.2. The smallest absolute Gasteiger partial charge is 0.265 e. The van der Waals surface area contributed by atoms with Crippen molar-refractivity contribution in [3.8, 4) is 11.5 Å². The number of hydrogen-bond donors (Lipinski definition) is 1. The van der Waals surface area contributed by atoms with Gasteiger partial charge in [-0.1, -0.05) is 12.8 Å². The number of nitrogens with zero attached hydrogens (tertiary/aromatic N) is 1. The number of aliphatic hydroxyl groups excluding tert-OH is 1. The Bertz CT molecular complexity index is 930. The summed E-state index contributed by atoms with van der Waals surface area (Å²) in [4.78, 5) is 14.6. The highest BCUT2D eigenvalue weighted by atomic mass is 32.2. The molecule has 1 saturated carbocycles. The third-order valence-corrected chi connectivity index (χ3v) is 7.00. The number of benzene rings is 1. The number of ether oxygens (including phenoxy) is 2. The third kappa shape index (κ3) is 2.42. The van der Waals surface area contributed by atoms with E-state index >= 15 is 0 Å². The number of amides is 1. The van der Waals surface area contributed by atoms with E-state index in [0.717, 1.165) is 23.8 Å². The lowest BCUT2D eigenvalue weighted by Gasteiger charge is -2.54. The molecule has 2 aliphatic heterocycles. The minimum absolute atomic E-state index is 0.275. The van der Waals surface area contributed by atoms with Crippen LogP contribution in [0.3, 0.4) is 0 Å². The molecule has 2 heterocycles. The van der Waals surface area contributed by atoms with Crippen LogP contribution in [0.2, 0.25) is 0 Å². The molecule has 9 heteroatoms. The number of methoxy groups -OCH3 is 2. The summed E-state index contributed by atoms with van der Waals surface area (Å²) in [5.74, 6) is 0.581. The average Bonchev–Trinajstić information content (AvgIpc) is 2.84. The molecule has 28 heavy (non-hydrogen) atoms. The van der Waals surface area contributed by atoms with E-state index in [1.165, 1.54) is 7.11 Å². The van der Waals surface area contributed by atoms with Crippen molar-refractivity contribution in [2.75, 3.05) is 27.0 Å². The Balaban J connectivity index is 2.02. The molecule has 8 nitrogen and oxygen atoms in total. The number of aliphatic hydroxyl groups is 1. The summed E-state index contributed by atoms with van der Waals surface area (Å²) in [6, 6.07) is 3.67. The molecule has 4 rings (SSSR count). The van der Waals surface area contributed by atoms with Gasteiger partial charge in [0, 0.05) is 6.54 Å². The van der Waals surface area contributed by atoms with E-state index in [-0.39, 0.29) is 6.42 Å². The zero-order valence-electron chi connectivity index (χ0n) is 16.2. The van der Waals surface area contributed by atoms with Crippen LogP contribution >= 0.6 is 0 Å². The van der Waals surface area contributed by atoms with Gasteiger partial charge in [-0.2, -0.15) is 8.42 Å². The minimum atomic E-state index is -3.93. The maximum atomic E-state index is 13.0. The van der Waals surface area contributed by atoms with Crippen molar-refractivity contribution in [2.45, 2.75) is 49.3 Å². The molecule has 1 spiro atoms. The molecule has 1 aromatic rings. The highest BCUT2D eigenvalue weighted by molar-refractivity contribution is 7.86. The van der Waals surface area contributed by atoms with E-state index in [4.69, 9.17) is 13.7 Å². The van der Waals surface area contributed by atoms with Crippen LogP contribution in [0, 0.1) is 0 Å². The topological polar surface area (TPSA) is 102 Å². The van der Waals surface area contributed by atoms with Gasteiger partial charge in [-0.25, -0.2) is 0 Å². The summed E-state index contributed by atoms with van der Waals surface area (Å²) in [5, 5.41) is 10.9. The van der Waals surface area contributed by atoms with E-state index in [0.29, 0.717) is 37.3 Å². The Morgan fingerprint density at radius 3 is 2.43 bits per heavy atom. The molecule has 1 aromatic carbocycles. The zero-order chi connectivity index (χ0) is 20.3. The first-order valence-electron chi connectivity index (χ1n) is 9.36. The van der Waals surface area contributed by atoms with Crippen molar-refractivity contribution in [2.24, 2.45) is 0 Å². The fourth-order valence-electron chi connectivity index (χ4n) is 5.43. The van der Waals surface area contributed by atoms with E-state index in [9.17, 15) is 18.3 Å². The first kappa shape index (κ1) is 19.5. The highest BCUT2D eigenvalue weighted by Crippen LogP contribution is 2.60. The molecule has 1 N–H and O–H groups in total. The number of fused-ring (bicyclic) bond motifs is 1. The molecule has 1 aliphatic carbocycles. The second-order valence-electron chi connectivity index (χ2n) is 7.75. The minimum Gasteiger partial charge on any atom is -0.493 e. The van der Waals surface area contributed by atoms with Gasteiger partial charge < -0.3 is 19.5 Å². The third-order valence-electron chi connectivity index (χ3n) is 6.40. The normalized spacial score (nSPS) is 31.8. The maximum Gasteiger partial charge on any atom is 0.265 e. The van der Waals surface area contributed by atoms with E-state index < -0.39 is 33.3 Å². The van der Waals surface area contributed by atoms with Crippen LogP contribution in [0.5, 0.6) is 11.5 Å². The number of rotatable bonds is 4. The van der Waals surface area contributed by atoms with E-state index in [1.807, 2.05) is 6.07 Å². The van der Waals surface area contributed by atoms with Crippen molar-refractivity contribution in [1.82, 2.24) is 4.90 Å². The molecular weight excluding hydrogens is 386 g/mol. The SMILES string of the molecule is COc1cc2c(cc1OC)[C@]13CCCC[C@]1(OS(C)(=O)=O)[C@H](O)C(=O)N3CC2. The Kier molecular flexibility index (Phi) is 4.40. The number of hydrogen-bond acceptors (Lipinski definition) is 7. The quantitative estimate of drug-likeness (QED) is 0.736. The van der Waals surface area contributed by atoms with Gasteiger partial charge in [-0.15, -0.1) is 0 Å². The Morgan fingerprint density at radius 2 is 1.79 bits per heavy atom. The molecule has 1 amide bonds. The lowest BCUT2D eigenvalue weighted by atomic mass is 9.63. The van der Waals surface area contributed by atoms with Crippen molar-refractivity contribution in [3.05, 3.63) is 23.3 Å². The molecule has 1 saturated heterocycles. The first-order valence-corrected chi connectivity index (χ1v) is 11.2. The molecule has 2 fully saturated rings. The zero-order valence-corrected chi connectivity index (χ0v) is 17.0. The lowest BCUT2D eigenvalue weighted by Crippen LogP contribution is -2.63. The summed E-state index contributed by atoms with van der Waals surface area (Å²) in [6.07, 6.45) is 2.23. The average molecular weight is 411 g/mol. The highest BCUT2D eigenvalue weighted by Gasteiger charge is 2.72. The Hall–Kier alpha value is -1.84. The molecule has 0 radical (unpaired) electrons. The summed E-state index contributed by atoms with van der Waals surface area (Å²) >= 11 is 0. The van der Waals surface area contributed by atoms with Gasteiger partial charge >= 0.3 is 0 Å². The standard InChI is InChI=1S/C19H25NO7S/c1-25-14-10-12-6-9-20-17(22)16(21)19(27-28(3,23)24)8-5-4-7-18(19,20)13(12)11-15(14)26-2/h10-11,16,21H,4-9H2,1-3H3/t16-,18-,19+/m1/s1. The fraction of sp³-hybridized carbons (Fsp3) is 0.632. The van der Waals surface area contributed by atoms with Crippen LogP contribution in [0.15, 0.2) is 12.1 Å². The largest absolute Gasteiger partial charge is 0.493 e. The molecule has 3 aliphatic rings. The summed E-state index contributed by atoms with van der Waals surface area (Å²) in [5.41, 5.74) is -0.897. The molecule has 3 atom stereocenters. The summed E-state index contributed by atoms with van der Waals surface area (Å²) in [7, 11) is -0.845. The van der Waals surface area contributed by atoms with Crippen LogP contribution in [-0.2, 0) is 31.1 Å². The van der Waals surface area contributed by atoms with Crippen molar-refractivity contribution in [1.29, 1.82) is 0 Å². The molecule has 0 unspecified atom stereocenters.